The molecule has 1 fully saturated rings. The van der Waals surface area contributed by atoms with Gasteiger partial charge in [0.1, 0.15) is 0 Å². The number of nitrogens with one attached hydrogen (secondary N) is 1. The van der Waals surface area contributed by atoms with Crippen molar-refractivity contribution in [2.45, 2.75) is 32.7 Å². The lowest BCUT2D eigenvalue weighted by atomic mass is 10.1. The summed E-state index contributed by atoms with van der Waals surface area (Å²) in [5, 5.41) is 0. The van der Waals surface area contributed by atoms with E-state index in [4.69, 9.17) is 0 Å². The highest BCUT2D eigenvalue weighted by atomic mass is 16.1. The van der Waals surface area contributed by atoms with Crippen LogP contribution in [0, 0.1) is 11.8 Å². The lowest BCUT2D eigenvalue weighted by Crippen LogP contribution is -2.20. The van der Waals surface area contributed by atoms with Crippen molar-refractivity contribution in [3.63, 3.8) is 0 Å². The Kier molecular flexibility index (Phi) is 2.25. The summed E-state index contributed by atoms with van der Waals surface area (Å²) in [7, 11) is 0. The summed E-state index contributed by atoms with van der Waals surface area (Å²) in [6, 6.07) is 0. The summed E-state index contributed by atoms with van der Waals surface area (Å²) in [6.07, 6.45) is 7.42. The number of H-pyrrole nitrogens is 1. The molecule has 1 aliphatic rings. The van der Waals surface area contributed by atoms with Crippen LogP contribution in [0.2, 0.25) is 0 Å². The fourth-order valence-corrected chi connectivity index (χ4v) is 2.26. The van der Waals surface area contributed by atoms with Gasteiger partial charge in [-0.05, 0) is 24.7 Å². The first-order valence-corrected chi connectivity index (χ1v) is 4.99. The Morgan fingerprint density at radius 1 is 1.62 bits per heavy atom. The molecule has 0 spiro atoms. The van der Waals surface area contributed by atoms with Gasteiger partial charge in [0.15, 0.2) is 0 Å². The number of nitrogens with zero attached hydrogens (tertiary/aromatic N) is 1. The maximum absolute atomic E-state index is 11.2. The highest BCUT2D eigenvalue weighted by molar-refractivity contribution is 4.80. The molecule has 0 aromatic carbocycles. The van der Waals surface area contributed by atoms with E-state index in [1.54, 1.807) is 10.8 Å². The van der Waals surface area contributed by atoms with Crippen molar-refractivity contribution in [1.29, 1.82) is 0 Å². The highest BCUT2D eigenvalue weighted by Crippen LogP contribution is 2.30. The van der Waals surface area contributed by atoms with Crippen molar-refractivity contribution in [3.8, 4) is 0 Å². The van der Waals surface area contributed by atoms with E-state index in [1.165, 1.54) is 19.3 Å². The maximum Gasteiger partial charge on any atom is 0.325 e. The standard InChI is InChI=1S/C10H16N2O/c1-8-2-3-9(6-8)7-12-5-4-11-10(12)13/h4-5,8-9H,2-3,6-7H2,1H3,(H,11,13). The van der Waals surface area contributed by atoms with Crippen LogP contribution in [0.4, 0.5) is 0 Å². The molecule has 0 amide bonds. The highest BCUT2D eigenvalue weighted by Gasteiger charge is 2.21. The van der Waals surface area contributed by atoms with Crippen LogP contribution < -0.4 is 5.69 Å². The summed E-state index contributed by atoms with van der Waals surface area (Å²) < 4.78 is 1.78. The van der Waals surface area contributed by atoms with Gasteiger partial charge < -0.3 is 4.98 Å². The summed E-state index contributed by atoms with van der Waals surface area (Å²) in [5.74, 6) is 1.56. The van der Waals surface area contributed by atoms with Gasteiger partial charge in [-0.3, -0.25) is 4.57 Å². The molecule has 0 aliphatic heterocycles. The van der Waals surface area contributed by atoms with E-state index < -0.39 is 0 Å². The van der Waals surface area contributed by atoms with E-state index >= 15 is 0 Å². The molecule has 0 bridgehead atoms. The van der Waals surface area contributed by atoms with E-state index in [2.05, 4.69) is 11.9 Å². The van der Waals surface area contributed by atoms with E-state index in [0.717, 1.165) is 12.5 Å². The molecule has 1 aromatic heterocycles. The van der Waals surface area contributed by atoms with Crippen molar-refractivity contribution in [2.24, 2.45) is 11.8 Å². The Morgan fingerprint density at radius 2 is 2.46 bits per heavy atom. The molecular weight excluding hydrogens is 164 g/mol. The fraction of sp³-hybridized carbons (Fsp3) is 0.700. The average Bonchev–Trinajstić information content (AvgIpc) is 2.64. The van der Waals surface area contributed by atoms with Crippen molar-refractivity contribution in [3.05, 3.63) is 22.9 Å². The quantitative estimate of drug-likeness (QED) is 0.737. The van der Waals surface area contributed by atoms with Gasteiger partial charge >= 0.3 is 5.69 Å². The van der Waals surface area contributed by atoms with Crippen molar-refractivity contribution < 1.29 is 0 Å². The topological polar surface area (TPSA) is 37.8 Å². The first-order chi connectivity index (χ1) is 6.25. The molecule has 3 heteroatoms. The van der Waals surface area contributed by atoms with Gasteiger partial charge in [0.2, 0.25) is 0 Å². The molecule has 0 radical (unpaired) electrons. The first-order valence-electron chi connectivity index (χ1n) is 4.99. The van der Waals surface area contributed by atoms with E-state index in [1.807, 2.05) is 6.20 Å². The lowest BCUT2D eigenvalue weighted by Gasteiger charge is -2.08. The van der Waals surface area contributed by atoms with Gasteiger partial charge in [-0.1, -0.05) is 13.3 Å². The maximum atomic E-state index is 11.2. The minimum atomic E-state index is 0.0274. The number of aromatic amines is 1. The van der Waals surface area contributed by atoms with Crippen LogP contribution in [0.15, 0.2) is 17.2 Å². The lowest BCUT2D eigenvalue weighted by molar-refractivity contribution is 0.434. The Bertz CT molecular complexity index is 326. The Hall–Kier alpha value is -0.990. The van der Waals surface area contributed by atoms with Crippen molar-refractivity contribution in [1.82, 2.24) is 9.55 Å². The zero-order chi connectivity index (χ0) is 9.26. The number of aromatic nitrogens is 2. The smallest absolute Gasteiger partial charge is 0.313 e. The average molecular weight is 180 g/mol. The molecule has 2 rings (SSSR count). The summed E-state index contributed by atoms with van der Waals surface area (Å²) in [6.45, 7) is 3.19. The molecule has 1 saturated carbocycles. The zero-order valence-electron chi connectivity index (χ0n) is 7.99. The number of hydrogen-bond acceptors (Lipinski definition) is 1. The Balaban J connectivity index is 1.99. The SMILES string of the molecule is CC1CCC(Cn2cc[nH]c2=O)C1. The molecule has 1 N–H and O–H groups in total. The third-order valence-corrected chi connectivity index (χ3v) is 2.98. The third kappa shape index (κ3) is 1.85. The van der Waals surface area contributed by atoms with Crippen LogP contribution in [0.5, 0.6) is 0 Å². The van der Waals surface area contributed by atoms with Gasteiger partial charge in [-0.2, -0.15) is 0 Å². The first kappa shape index (κ1) is 8.60. The van der Waals surface area contributed by atoms with Crippen LogP contribution in [-0.4, -0.2) is 9.55 Å². The second-order valence-electron chi connectivity index (χ2n) is 4.20. The molecule has 3 nitrogen and oxygen atoms in total. The predicted octanol–water partition coefficient (Wildman–Crippen LogP) is 1.61. The summed E-state index contributed by atoms with van der Waals surface area (Å²) in [5.41, 5.74) is 0.0274. The van der Waals surface area contributed by atoms with Crippen LogP contribution in [0.25, 0.3) is 0 Å². The fourth-order valence-electron chi connectivity index (χ4n) is 2.26. The second-order valence-corrected chi connectivity index (χ2v) is 4.20. The van der Waals surface area contributed by atoms with Crippen LogP contribution in [0.1, 0.15) is 26.2 Å². The summed E-state index contributed by atoms with van der Waals surface area (Å²) >= 11 is 0. The largest absolute Gasteiger partial charge is 0.325 e. The molecule has 13 heavy (non-hydrogen) atoms. The van der Waals surface area contributed by atoms with Crippen LogP contribution >= 0.6 is 0 Å². The Labute approximate surface area is 77.8 Å². The molecule has 0 saturated heterocycles. The van der Waals surface area contributed by atoms with Crippen LogP contribution in [-0.2, 0) is 6.54 Å². The minimum Gasteiger partial charge on any atom is -0.313 e. The molecule has 2 atom stereocenters. The number of rotatable bonds is 2. The molecule has 72 valence electrons. The summed E-state index contributed by atoms with van der Waals surface area (Å²) in [4.78, 5) is 13.9. The second kappa shape index (κ2) is 3.40. The van der Waals surface area contributed by atoms with Gasteiger partial charge in [0.05, 0.1) is 0 Å². The van der Waals surface area contributed by atoms with E-state index in [9.17, 15) is 4.79 Å². The van der Waals surface area contributed by atoms with Gasteiger partial charge in [-0.15, -0.1) is 0 Å². The predicted molar refractivity (Wildman–Crippen MR) is 51.6 cm³/mol. The molecule has 1 aromatic rings. The monoisotopic (exact) mass is 180 g/mol. The minimum absolute atomic E-state index is 0.0274. The van der Waals surface area contributed by atoms with Gasteiger partial charge in [-0.25, -0.2) is 4.79 Å². The van der Waals surface area contributed by atoms with Gasteiger partial charge in [0, 0.05) is 18.9 Å². The van der Waals surface area contributed by atoms with Crippen molar-refractivity contribution >= 4 is 0 Å². The molecule has 2 unspecified atom stereocenters. The molecule has 1 aliphatic carbocycles. The Morgan fingerprint density at radius 3 is 3.00 bits per heavy atom. The van der Waals surface area contributed by atoms with E-state index in [0.29, 0.717) is 5.92 Å². The number of imidazole rings is 1. The van der Waals surface area contributed by atoms with Crippen LogP contribution in [0.3, 0.4) is 0 Å². The molecule has 1 heterocycles. The van der Waals surface area contributed by atoms with E-state index in [-0.39, 0.29) is 5.69 Å². The molecular formula is C10H16N2O. The van der Waals surface area contributed by atoms with Gasteiger partial charge in [0.25, 0.3) is 0 Å². The number of hydrogen-bond donors (Lipinski definition) is 1. The van der Waals surface area contributed by atoms with Crippen molar-refractivity contribution in [2.75, 3.05) is 0 Å². The normalized spacial score (nSPS) is 28.1. The third-order valence-electron chi connectivity index (χ3n) is 2.98. The zero-order valence-corrected chi connectivity index (χ0v) is 7.99.